The van der Waals surface area contributed by atoms with E-state index in [4.69, 9.17) is 0 Å². The maximum atomic E-state index is 11.7. The third-order valence-corrected chi connectivity index (χ3v) is 2.51. The molecule has 0 aliphatic rings. The van der Waals surface area contributed by atoms with Crippen LogP contribution in [-0.4, -0.2) is 5.78 Å². The first kappa shape index (κ1) is 35.6. The summed E-state index contributed by atoms with van der Waals surface area (Å²) in [5, 5.41) is 0. The Morgan fingerprint density at radius 1 is 0.625 bits per heavy atom. The second kappa shape index (κ2) is 21.5. The first-order valence-corrected chi connectivity index (χ1v) is 5.85. The molecule has 0 aliphatic heterocycles. The van der Waals surface area contributed by atoms with Crippen LogP contribution in [0.4, 0.5) is 0 Å². The van der Waals surface area contributed by atoms with Crippen LogP contribution in [0.1, 0.15) is 15.9 Å². The van der Waals surface area contributed by atoms with Gasteiger partial charge in [0.15, 0.2) is 5.78 Å². The van der Waals surface area contributed by atoms with Gasteiger partial charge in [-0.1, -0.05) is 78.9 Å². The molecule has 2 rings (SSSR count). The summed E-state index contributed by atoms with van der Waals surface area (Å²) in [5.74, 6) is 0.0216. The van der Waals surface area contributed by atoms with Gasteiger partial charge < -0.3 is 0 Å². The Kier molecular flexibility index (Phi) is 31.9. The number of benzene rings is 2. The van der Waals surface area contributed by atoms with Crippen molar-refractivity contribution < 1.29 is 4.79 Å². The highest BCUT2D eigenvalue weighted by atomic mass is 79.9. The number of rotatable bonds is 4. The molecule has 0 saturated carbocycles. The largest absolute Gasteiger partial charge is 0.289 e. The van der Waals surface area contributed by atoms with E-state index in [1.807, 2.05) is 72.8 Å². The first-order valence-electron chi connectivity index (χ1n) is 5.85. The standard InChI is InChI=1S/C17H14O.6BrH/c18-17(16-12-5-2-6-13-16)14-8-7-11-15-9-3-1-4-10-15;;;;;;/h1-14H;6*1H. The van der Waals surface area contributed by atoms with Crippen LogP contribution in [0.15, 0.2) is 78.9 Å². The summed E-state index contributed by atoms with van der Waals surface area (Å²) in [6.07, 6.45) is 7.18. The molecule has 24 heavy (non-hydrogen) atoms. The average molecular weight is 720 g/mol. The summed E-state index contributed by atoms with van der Waals surface area (Å²) in [7, 11) is 0. The van der Waals surface area contributed by atoms with Crippen molar-refractivity contribution in [1.82, 2.24) is 0 Å². The molecule has 1 nitrogen and oxygen atoms in total. The van der Waals surface area contributed by atoms with E-state index in [1.165, 1.54) is 0 Å². The molecule has 0 heterocycles. The van der Waals surface area contributed by atoms with Gasteiger partial charge in [-0.3, -0.25) is 4.79 Å². The van der Waals surface area contributed by atoms with E-state index in [0.717, 1.165) is 5.56 Å². The minimum atomic E-state index is 0. The van der Waals surface area contributed by atoms with Gasteiger partial charge in [0, 0.05) is 5.56 Å². The third kappa shape index (κ3) is 13.7. The highest BCUT2D eigenvalue weighted by molar-refractivity contribution is 8.93. The molecule has 0 amide bonds. The van der Waals surface area contributed by atoms with E-state index in [2.05, 4.69) is 0 Å². The molecule has 0 saturated heterocycles. The molecule has 136 valence electrons. The van der Waals surface area contributed by atoms with E-state index in [0.29, 0.717) is 5.56 Å². The van der Waals surface area contributed by atoms with Crippen molar-refractivity contribution in [3.8, 4) is 0 Å². The highest BCUT2D eigenvalue weighted by Gasteiger charge is 1.97. The third-order valence-electron chi connectivity index (χ3n) is 2.51. The Balaban J connectivity index is -0.000000201. The predicted octanol–water partition coefficient (Wildman–Crippen LogP) is 7.61. The fourth-order valence-electron chi connectivity index (χ4n) is 1.57. The molecule has 0 fully saturated rings. The van der Waals surface area contributed by atoms with Crippen LogP contribution in [0.3, 0.4) is 0 Å². The van der Waals surface area contributed by atoms with Crippen molar-refractivity contribution >= 4 is 114 Å². The summed E-state index contributed by atoms with van der Waals surface area (Å²) in [6.45, 7) is 0. The van der Waals surface area contributed by atoms with Gasteiger partial charge in [0.25, 0.3) is 0 Å². The quantitative estimate of drug-likeness (QED) is 0.181. The SMILES string of the molecule is Br.Br.Br.Br.Br.Br.O=C(C=CC=Cc1ccccc1)c1ccccc1. The van der Waals surface area contributed by atoms with Gasteiger partial charge in [-0.05, 0) is 11.6 Å². The lowest BCUT2D eigenvalue weighted by Gasteiger charge is -1.92. The van der Waals surface area contributed by atoms with E-state index < -0.39 is 0 Å². The summed E-state index contributed by atoms with van der Waals surface area (Å²) < 4.78 is 0. The highest BCUT2D eigenvalue weighted by Crippen LogP contribution is 2.03. The van der Waals surface area contributed by atoms with Gasteiger partial charge in [0.2, 0.25) is 0 Å². The van der Waals surface area contributed by atoms with Gasteiger partial charge in [-0.15, -0.1) is 102 Å². The van der Waals surface area contributed by atoms with Crippen molar-refractivity contribution in [1.29, 1.82) is 0 Å². The zero-order chi connectivity index (χ0) is 12.6. The van der Waals surface area contributed by atoms with Gasteiger partial charge in [0.1, 0.15) is 0 Å². The van der Waals surface area contributed by atoms with Crippen LogP contribution in [0.2, 0.25) is 0 Å². The Hall–Kier alpha value is 0.470. The number of ketones is 1. The minimum Gasteiger partial charge on any atom is -0.289 e. The number of hydrogen-bond acceptors (Lipinski definition) is 1. The molecule has 0 spiro atoms. The Bertz CT molecular complexity index is 570. The Morgan fingerprint density at radius 2 is 1.08 bits per heavy atom. The normalized spacial score (nSPS) is 8.33. The monoisotopic (exact) mass is 714 g/mol. The van der Waals surface area contributed by atoms with Crippen molar-refractivity contribution in [3.05, 3.63) is 90.0 Å². The van der Waals surface area contributed by atoms with Gasteiger partial charge >= 0.3 is 0 Å². The molecule has 0 aliphatic carbocycles. The average Bonchev–Trinajstić information content (AvgIpc) is 2.45. The van der Waals surface area contributed by atoms with Gasteiger partial charge in [0.05, 0.1) is 0 Å². The molecule has 2 aromatic carbocycles. The lowest BCUT2D eigenvalue weighted by Crippen LogP contribution is -1.92. The van der Waals surface area contributed by atoms with E-state index in [9.17, 15) is 4.79 Å². The molecule has 0 bridgehead atoms. The topological polar surface area (TPSA) is 17.1 Å². The summed E-state index contributed by atoms with van der Waals surface area (Å²) in [6, 6.07) is 19.2. The van der Waals surface area contributed by atoms with Crippen LogP contribution >= 0.6 is 102 Å². The molecule has 0 radical (unpaired) electrons. The van der Waals surface area contributed by atoms with Crippen LogP contribution in [0.25, 0.3) is 6.08 Å². The van der Waals surface area contributed by atoms with E-state index in [-0.39, 0.29) is 108 Å². The van der Waals surface area contributed by atoms with Crippen LogP contribution in [0, 0.1) is 0 Å². The molecule has 0 atom stereocenters. The molecule has 0 unspecified atom stereocenters. The summed E-state index contributed by atoms with van der Waals surface area (Å²) >= 11 is 0. The van der Waals surface area contributed by atoms with Crippen LogP contribution in [-0.2, 0) is 0 Å². The summed E-state index contributed by atoms with van der Waals surface area (Å²) in [5.41, 5.74) is 1.83. The number of halogens is 6. The second-order valence-corrected chi connectivity index (χ2v) is 3.86. The van der Waals surface area contributed by atoms with E-state index in [1.54, 1.807) is 12.2 Å². The van der Waals surface area contributed by atoms with Crippen molar-refractivity contribution in [3.63, 3.8) is 0 Å². The first-order chi connectivity index (χ1) is 8.86. The van der Waals surface area contributed by atoms with Crippen LogP contribution in [0.5, 0.6) is 0 Å². The Labute approximate surface area is 206 Å². The second-order valence-electron chi connectivity index (χ2n) is 3.86. The molecule has 0 aromatic heterocycles. The minimum absolute atomic E-state index is 0. The lowest BCUT2D eigenvalue weighted by atomic mass is 10.1. The van der Waals surface area contributed by atoms with E-state index >= 15 is 0 Å². The molecular weight excluding hydrogens is 700 g/mol. The number of hydrogen-bond donors (Lipinski definition) is 0. The Morgan fingerprint density at radius 3 is 1.58 bits per heavy atom. The fourth-order valence-corrected chi connectivity index (χ4v) is 1.57. The molecule has 7 heteroatoms. The van der Waals surface area contributed by atoms with Crippen LogP contribution < -0.4 is 0 Å². The predicted molar refractivity (Wildman–Crippen MR) is 137 cm³/mol. The van der Waals surface area contributed by atoms with Gasteiger partial charge in [-0.2, -0.15) is 0 Å². The maximum absolute atomic E-state index is 11.7. The fraction of sp³-hybridized carbons (Fsp3) is 0. The molecular formula is C17H20Br6O. The maximum Gasteiger partial charge on any atom is 0.185 e. The van der Waals surface area contributed by atoms with Crippen molar-refractivity contribution in [2.45, 2.75) is 0 Å². The van der Waals surface area contributed by atoms with Crippen molar-refractivity contribution in [2.75, 3.05) is 0 Å². The number of allylic oxidation sites excluding steroid dienone is 3. The zero-order valence-corrected chi connectivity index (χ0v) is 22.7. The smallest absolute Gasteiger partial charge is 0.185 e. The molecule has 0 N–H and O–H groups in total. The molecule has 2 aromatic rings. The van der Waals surface area contributed by atoms with Crippen molar-refractivity contribution in [2.24, 2.45) is 0 Å². The summed E-state index contributed by atoms with van der Waals surface area (Å²) in [4.78, 5) is 11.7. The number of carbonyl (C=O) groups is 1. The lowest BCUT2D eigenvalue weighted by molar-refractivity contribution is 0.104. The van der Waals surface area contributed by atoms with Gasteiger partial charge in [-0.25, -0.2) is 0 Å². The number of carbonyl (C=O) groups excluding carboxylic acids is 1. The zero-order valence-electron chi connectivity index (χ0n) is 12.4.